The lowest BCUT2D eigenvalue weighted by Gasteiger charge is -2.33. The van der Waals surface area contributed by atoms with Gasteiger partial charge in [-0.25, -0.2) is 0 Å². The number of likely N-dealkylation sites (N-methyl/N-ethyl adjacent to an activating group) is 1. The van der Waals surface area contributed by atoms with Gasteiger partial charge >= 0.3 is 0 Å². The van der Waals surface area contributed by atoms with E-state index in [1.807, 2.05) is 6.07 Å². The predicted octanol–water partition coefficient (Wildman–Crippen LogP) is 3.59. The second-order valence-corrected chi connectivity index (χ2v) is 9.44. The van der Waals surface area contributed by atoms with E-state index in [0.717, 1.165) is 49.3 Å². The number of benzene rings is 2. The summed E-state index contributed by atoms with van der Waals surface area (Å²) in [4.78, 5) is 30.0. The van der Waals surface area contributed by atoms with Gasteiger partial charge in [0.15, 0.2) is 23.0 Å². The molecular weight excluding hydrogens is 496 g/mol. The molecule has 0 spiro atoms. The fourth-order valence-corrected chi connectivity index (χ4v) is 5.30. The van der Waals surface area contributed by atoms with Crippen molar-refractivity contribution in [3.63, 3.8) is 0 Å². The van der Waals surface area contributed by atoms with Gasteiger partial charge in [-0.15, -0.1) is 12.4 Å². The Kier molecular flexibility index (Phi) is 9.68. The van der Waals surface area contributed by atoms with Crippen LogP contribution in [-0.4, -0.2) is 82.7 Å². The second-order valence-electron chi connectivity index (χ2n) is 9.44. The first-order valence-corrected chi connectivity index (χ1v) is 12.4. The van der Waals surface area contributed by atoms with Gasteiger partial charge < -0.3 is 28.7 Å². The van der Waals surface area contributed by atoms with Gasteiger partial charge in [0.25, 0.3) is 11.7 Å². The lowest BCUT2D eigenvalue weighted by molar-refractivity contribution is -0.126. The lowest BCUT2D eigenvalue weighted by atomic mass is 9.87. The van der Waals surface area contributed by atoms with Crippen LogP contribution in [0.15, 0.2) is 24.3 Å². The fourth-order valence-electron chi connectivity index (χ4n) is 5.30. The number of fused-ring (bicyclic) bond motifs is 2. The van der Waals surface area contributed by atoms with Crippen molar-refractivity contribution in [3.05, 3.63) is 46.5 Å². The number of methoxy groups -OCH3 is 4. The summed E-state index contributed by atoms with van der Waals surface area (Å²) in [5.41, 5.74) is 3.84. The highest BCUT2D eigenvalue weighted by Gasteiger charge is 2.30. The first-order valence-electron chi connectivity index (χ1n) is 12.4. The van der Waals surface area contributed by atoms with E-state index in [1.54, 1.807) is 32.3 Å². The maximum atomic E-state index is 13.0. The number of carbonyl (C=O) groups excluding carboxylic acids is 2. The maximum absolute atomic E-state index is 13.0. The molecule has 1 aliphatic heterocycles. The van der Waals surface area contributed by atoms with E-state index < -0.39 is 11.7 Å². The predicted molar refractivity (Wildman–Crippen MR) is 144 cm³/mol. The molecule has 2 aromatic rings. The first kappa shape index (κ1) is 28.6. The Morgan fingerprint density at radius 1 is 0.838 bits per heavy atom. The smallest absolute Gasteiger partial charge is 0.294 e. The highest BCUT2D eigenvalue weighted by Crippen LogP contribution is 2.35. The average Bonchev–Trinajstić information content (AvgIpc) is 3.02. The number of ketones is 1. The van der Waals surface area contributed by atoms with Crippen molar-refractivity contribution in [2.75, 3.05) is 55.1 Å². The minimum absolute atomic E-state index is 0. The summed E-state index contributed by atoms with van der Waals surface area (Å²) in [6.45, 7) is 1.90. The lowest BCUT2D eigenvalue weighted by Crippen LogP contribution is -2.40. The van der Waals surface area contributed by atoms with Gasteiger partial charge in [0, 0.05) is 24.7 Å². The highest BCUT2D eigenvalue weighted by atomic mass is 35.5. The zero-order valence-electron chi connectivity index (χ0n) is 22.3. The molecule has 0 saturated heterocycles. The first-order chi connectivity index (χ1) is 17.4. The molecular formula is C28H37ClN2O6. The second kappa shape index (κ2) is 12.5. The number of halogens is 1. The number of nitrogens with zero attached hydrogens (tertiary/aromatic N) is 2. The number of amides is 1. The van der Waals surface area contributed by atoms with Gasteiger partial charge in [-0.3, -0.25) is 9.59 Å². The minimum Gasteiger partial charge on any atom is -0.493 e. The zero-order chi connectivity index (χ0) is 25.8. The van der Waals surface area contributed by atoms with E-state index in [2.05, 4.69) is 24.1 Å². The van der Waals surface area contributed by atoms with E-state index in [1.165, 1.54) is 18.2 Å². The molecule has 1 aliphatic carbocycles. The van der Waals surface area contributed by atoms with Crippen molar-refractivity contribution in [1.29, 1.82) is 0 Å². The molecule has 1 atom stereocenters. The molecule has 0 radical (unpaired) electrons. The molecule has 2 aliphatic rings. The van der Waals surface area contributed by atoms with Crippen LogP contribution in [-0.2, 0) is 24.1 Å². The van der Waals surface area contributed by atoms with Gasteiger partial charge in [-0.1, -0.05) is 0 Å². The molecule has 4 rings (SSSR count). The molecule has 1 heterocycles. The number of hydrogen-bond donors (Lipinski definition) is 0. The van der Waals surface area contributed by atoms with E-state index >= 15 is 0 Å². The number of ether oxygens (including phenoxy) is 4. The van der Waals surface area contributed by atoms with Crippen molar-refractivity contribution in [2.24, 2.45) is 0 Å². The molecule has 37 heavy (non-hydrogen) atoms. The molecule has 202 valence electrons. The Balaban J connectivity index is 0.00000380. The number of carbonyl (C=O) groups is 2. The van der Waals surface area contributed by atoms with Crippen molar-refractivity contribution >= 4 is 24.1 Å². The van der Waals surface area contributed by atoms with Crippen molar-refractivity contribution in [3.8, 4) is 23.0 Å². The van der Waals surface area contributed by atoms with Crippen molar-refractivity contribution < 1.29 is 28.5 Å². The molecule has 0 fully saturated rings. The molecule has 8 nitrogen and oxygen atoms in total. The molecule has 9 heteroatoms. The van der Waals surface area contributed by atoms with Crippen LogP contribution >= 0.6 is 12.4 Å². The topological polar surface area (TPSA) is 77.5 Å². The van der Waals surface area contributed by atoms with Crippen molar-refractivity contribution in [1.82, 2.24) is 9.80 Å². The van der Waals surface area contributed by atoms with Crippen LogP contribution in [0.1, 0.15) is 39.9 Å². The molecule has 1 amide bonds. The third-order valence-electron chi connectivity index (χ3n) is 7.46. The van der Waals surface area contributed by atoms with Gasteiger partial charge in [-0.2, -0.15) is 0 Å². The van der Waals surface area contributed by atoms with Crippen LogP contribution in [0.5, 0.6) is 23.0 Å². The van der Waals surface area contributed by atoms with E-state index in [0.29, 0.717) is 42.6 Å². The third kappa shape index (κ3) is 5.96. The largest absolute Gasteiger partial charge is 0.493 e. The Labute approximate surface area is 225 Å². The summed E-state index contributed by atoms with van der Waals surface area (Å²) < 4.78 is 21.6. The Morgan fingerprint density at radius 3 is 2.03 bits per heavy atom. The normalized spacial score (nSPS) is 16.9. The van der Waals surface area contributed by atoms with E-state index in [9.17, 15) is 9.59 Å². The van der Waals surface area contributed by atoms with Crippen LogP contribution < -0.4 is 18.9 Å². The van der Waals surface area contributed by atoms with E-state index in [-0.39, 0.29) is 12.4 Å². The third-order valence-corrected chi connectivity index (χ3v) is 7.46. The molecule has 2 aromatic carbocycles. The summed E-state index contributed by atoms with van der Waals surface area (Å²) in [6, 6.07) is 8.04. The van der Waals surface area contributed by atoms with Crippen LogP contribution in [0.3, 0.4) is 0 Å². The van der Waals surface area contributed by atoms with Crippen LogP contribution in [0.25, 0.3) is 0 Å². The highest BCUT2D eigenvalue weighted by molar-refractivity contribution is 6.43. The van der Waals surface area contributed by atoms with Crippen LogP contribution in [0.4, 0.5) is 0 Å². The van der Waals surface area contributed by atoms with Crippen LogP contribution in [0.2, 0.25) is 0 Å². The average molecular weight is 533 g/mol. The summed E-state index contributed by atoms with van der Waals surface area (Å²) in [5.74, 6) is 1.63. The number of Topliss-reactive ketones (excluding diaryl/α,β-unsaturated/α-hetero) is 1. The molecule has 0 aromatic heterocycles. The van der Waals surface area contributed by atoms with E-state index in [4.69, 9.17) is 18.9 Å². The summed E-state index contributed by atoms with van der Waals surface area (Å²) >= 11 is 0. The quantitative estimate of drug-likeness (QED) is 0.457. The summed E-state index contributed by atoms with van der Waals surface area (Å²) in [6.07, 6.45) is 4.42. The maximum Gasteiger partial charge on any atom is 0.294 e. The Bertz CT molecular complexity index is 1140. The Morgan fingerprint density at radius 2 is 1.41 bits per heavy atom. The van der Waals surface area contributed by atoms with Gasteiger partial charge in [0.05, 0.1) is 28.4 Å². The number of rotatable bonds is 9. The summed E-state index contributed by atoms with van der Waals surface area (Å²) in [5, 5.41) is 0. The standard InChI is InChI=1S/C28H36N2O6.ClH/c1-29(21-8-7-18-14-23(33-2)25(35-4)16-20(18)13-21)10-6-11-30-12-9-19-15-24(34-3)26(36-5)17-22(19)27(31)28(30)32;/h14-17,21H,6-13H2,1-5H3;1H. The summed E-state index contributed by atoms with van der Waals surface area (Å²) in [7, 11) is 8.55. The number of aryl methyl sites for hydroxylation is 1. The molecule has 0 saturated carbocycles. The SMILES string of the molecule is COc1cc2c(cc1OC)CC(N(C)CCCN1CCc3cc(OC)c(OC)cc3C(=O)C1=O)CC2.Cl. The minimum atomic E-state index is -0.481. The number of hydrogen-bond acceptors (Lipinski definition) is 7. The molecule has 1 unspecified atom stereocenters. The van der Waals surface area contributed by atoms with Gasteiger partial charge in [0.2, 0.25) is 0 Å². The fraction of sp³-hybridized carbons (Fsp3) is 0.500. The molecule has 0 N–H and O–H groups in total. The van der Waals surface area contributed by atoms with Gasteiger partial charge in [0.1, 0.15) is 0 Å². The Hall–Kier alpha value is -2.97. The zero-order valence-corrected chi connectivity index (χ0v) is 23.1. The van der Waals surface area contributed by atoms with Crippen LogP contribution in [0, 0.1) is 0 Å². The van der Waals surface area contributed by atoms with Gasteiger partial charge in [-0.05, 0) is 86.7 Å². The monoisotopic (exact) mass is 532 g/mol. The molecule has 0 bridgehead atoms. The van der Waals surface area contributed by atoms with Crippen molar-refractivity contribution in [2.45, 2.75) is 38.1 Å².